The second-order valence-corrected chi connectivity index (χ2v) is 10.9. The van der Waals surface area contributed by atoms with E-state index in [9.17, 15) is 18.0 Å². The Morgan fingerprint density at radius 1 is 1.29 bits per heavy atom. The van der Waals surface area contributed by atoms with Crippen molar-refractivity contribution in [1.82, 2.24) is 14.9 Å². The highest BCUT2D eigenvalue weighted by Gasteiger charge is 2.39. The van der Waals surface area contributed by atoms with Gasteiger partial charge in [0.05, 0.1) is 41.9 Å². The SMILES string of the molecule is CCC(C)c1nc2c(c(N3CCCN=C(/C=C(\N)C(=O)N(C)C)C3)n1)COC(c1cc(N)cc(C)c1C(F)(F)F)C2. The summed E-state index contributed by atoms with van der Waals surface area (Å²) in [6.07, 6.45) is -2.13. The summed E-state index contributed by atoms with van der Waals surface area (Å²) in [5, 5.41) is 0. The van der Waals surface area contributed by atoms with E-state index in [2.05, 4.69) is 9.89 Å². The average Bonchev–Trinajstić information content (AvgIpc) is 3.15. The Morgan fingerprint density at radius 2 is 2.02 bits per heavy atom. The van der Waals surface area contributed by atoms with Gasteiger partial charge in [-0.05, 0) is 49.1 Å². The van der Waals surface area contributed by atoms with Crippen molar-refractivity contribution in [2.75, 3.05) is 44.4 Å². The molecule has 4 N–H and O–H groups in total. The zero-order valence-electron chi connectivity index (χ0n) is 24.2. The Bertz CT molecular complexity index is 1370. The summed E-state index contributed by atoms with van der Waals surface area (Å²) in [6, 6.07) is 2.68. The lowest BCUT2D eigenvalue weighted by Crippen LogP contribution is -2.34. The van der Waals surface area contributed by atoms with Crippen LogP contribution in [0.4, 0.5) is 24.7 Å². The highest BCUT2D eigenvalue weighted by molar-refractivity contribution is 6.05. The van der Waals surface area contributed by atoms with Gasteiger partial charge in [0.15, 0.2) is 0 Å². The number of anilines is 2. The van der Waals surface area contributed by atoms with Crippen LogP contribution in [-0.2, 0) is 28.7 Å². The fourth-order valence-electron chi connectivity index (χ4n) is 5.20. The van der Waals surface area contributed by atoms with Gasteiger partial charge in [-0.25, -0.2) is 9.97 Å². The third kappa shape index (κ3) is 6.64. The molecule has 2 aliphatic heterocycles. The molecule has 0 aliphatic carbocycles. The molecule has 2 atom stereocenters. The van der Waals surface area contributed by atoms with Crippen LogP contribution < -0.4 is 16.4 Å². The first-order valence-electron chi connectivity index (χ1n) is 13.8. The third-order valence-corrected chi connectivity index (χ3v) is 7.50. The summed E-state index contributed by atoms with van der Waals surface area (Å²) in [6.45, 7) is 7.08. The number of nitrogens with two attached hydrogens (primary N) is 2. The first-order valence-corrected chi connectivity index (χ1v) is 13.8. The zero-order chi connectivity index (χ0) is 30.1. The minimum absolute atomic E-state index is 0.0151. The number of fused-ring (bicyclic) bond motifs is 1. The molecule has 0 saturated carbocycles. The summed E-state index contributed by atoms with van der Waals surface area (Å²) < 4.78 is 48.4. The molecule has 3 heterocycles. The fourth-order valence-corrected chi connectivity index (χ4v) is 5.20. The predicted octanol–water partition coefficient (Wildman–Crippen LogP) is 4.30. The van der Waals surface area contributed by atoms with E-state index in [1.807, 2.05) is 13.8 Å². The number of aromatic nitrogens is 2. The molecular weight excluding hydrogens is 535 g/mol. The van der Waals surface area contributed by atoms with E-state index in [1.165, 1.54) is 24.0 Å². The number of hydrogen-bond acceptors (Lipinski definition) is 8. The number of aliphatic imine (C=N–C) groups is 1. The quantitative estimate of drug-likeness (QED) is 0.390. The number of likely N-dealkylation sites (N-methyl/N-ethyl adjacent to an activating group) is 1. The molecule has 1 aromatic heterocycles. The molecule has 4 rings (SSSR count). The highest BCUT2D eigenvalue weighted by Crippen LogP contribution is 2.43. The number of alkyl halides is 3. The van der Waals surface area contributed by atoms with Gasteiger partial charge in [-0.2, -0.15) is 13.2 Å². The number of nitrogens with zero attached hydrogens (tertiary/aromatic N) is 5. The lowest BCUT2D eigenvalue weighted by Gasteiger charge is -2.32. The Hall–Kier alpha value is -3.67. The number of ether oxygens (including phenoxy) is 1. The Kier molecular flexibility index (Phi) is 8.91. The van der Waals surface area contributed by atoms with Crippen molar-refractivity contribution in [3.63, 3.8) is 0 Å². The lowest BCUT2D eigenvalue weighted by molar-refractivity contribution is -0.140. The molecule has 2 aliphatic rings. The maximum Gasteiger partial charge on any atom is 0.417 e. The van der Waals surface area contributed by atoms with Crippen LogP contribution in [0.25, 0.3) is 0 Å². The highest BCUT2D eigenvalue weighted by atomic mass is 19.4. The second kappa shape index (κ2) is 12.1. The minimum atomic E-state index is -4.55. The van der Waals surface area contributed by atoms with Crippen LogP contribution >= 0.6 is 0 Å². The van der Waals surface area contributed by atoms with Crippen molar-refractivity contribution in [2.24, 2.45) is 10.7 Å². The largest absolute Gasteiger partial charge is 0.417 e. The first kappa shape index (κ1) is 30.3. The lowest BCUT2D eigenvalue weighted by atomic mass is 9.91. The van der Waals surface area contributed by atoms with Crippen LogP contribution in [0.15, 0.2) is 28.9 Å². The van der Waals surface area contributed by atoms with E-state index in [1.54, 1.807) is 20.2 Å². The van der Waals surface area contributed by atoms with Gasteiger partial charge >= 0.3 is 6.18 Å². The molecule has 2 unspecified atom stereocenters. The van der Waals surface area contributed by atoms with Gasteiger partial charge in [0.2, 0.25) is 0 Å². The monoisotopic (exact) mass is 573 g/mol. The van der Waals surface area contributed by atoms with Crippen molar-refractivity contribution in [1.29, 1.82) is 0 Å². The molecule has 0 bridgehead atoms. The van der Waals surface area contributed by atoms with E-state index in [0.717, 1.165) is 18.4 Å². The van der Waals surface area contributed by atoms with Gasteiger partial charge in [0.1, 0.15) is 11.6 Å². The topological polar surface area (TPSA) is 123 Å². The van der Waals surface area contributed by atoms with Gasteiger partial charge in [0, 0.05) is 50.8 Å². The van der Waals surface area contributed by atoms with Crippen LogP contribution in [0.3, 0.4) is 0 Å². The van der Waals surface area contributed by atoms with Gasteiger partial charge in [-0.1, -0.05) is 13.8 Å². The number of rotatable bonds is 6. The summed E-state index contributed by atoms with van der Waals surface area (Å²) in [7, 11) is 3.26. The van der Waals surface area contributed by atoms with Crippen molar-refractivity contribution in [3.8, 4) is 0 Å². The van der Waals surface area contributed by atoms with Crippen LogP contribution in [0.2, 0.25) is 0 Å². The molecule has 1 aromatic carbocycles. The smallest absolute Gasteiger partial charge is 0.399 e. The van der Waals surface area contributed by atoms with Crippen molar-refractivity contribution >= 4 is 23.1 Å². The maximum atomic E-state index is 14.1. The van der Waals surface area contributed by atoms with Gasteiger partial charge in [0.25, 0.3) is 5.91 Å². The van der Waals surface area contributed by atoms with Gasteiger partial charge in [-0.3, -0.25) is 9.79 Å². The third-order valence-electron chi connectivity index (χ3n) is 7.50. The summed E-state index contributed by atoms with van der Waals surface area (Å²) >= 11 is 0. The molecule has 0 spiro atoms. The fraction of sp³-hybridized carbons (Fsp3) is 0.517. The second-order valence-electron chi connectivity index (χ2n) is 10.9. The molecule has 1 amide bonds. The number of halogens is 3. The molecule has 12 heteroatoms. The summed E-state index contributed by atoms with van der Waals surface area (Å²) in [5.41, 5.74) is 13.8. The van der Waals surface area contributed by atoms with E-state index >= 15 is 0 Å². The van der Waals surface area contributed by atoms with Crippen LogP contribution in [0, 0.1) is 6.92 Å². The van der Waals surface area contributed by atoms with Crippen molar-refractivity contribution in [3.05, 3.63) is 57.7 Å². The van der Waals surface area contributed by atoms with Crippen molar-refractivity contribution in [2.45, 2.75) is 64.8 Å². The van der Waals surface area contributed by atoms with Crippen LogP contribution in [0.5, 0.6) is 0 Å². The number of hydrogen-bond donors (Lipinski definition) is 2. The number of benzene rings is 1. The number of amides is 1. The number of carbonyl (C=O) groups is 1. The Labute approximate surface area is 238 Å². The summed E-state index contributed by atoms with van der Waals surface area (Å²) in [5.74, 6) is 1.02. The first-order chi connectivity index (χ1) is 19.3. The number of nitrogen functional groups attached to an aromatic ring is 1. The normalized spacial score (nSPS) is 18.8. The number of aryl methyl sites for hydroxylation is 1. The molecule has 0 fully saturated rings. The van der Waals surface area contributed by atoms with Crippen LogP contribution in [0.1, 0.15) is 72.5 Å². The average molecular weight is 574 g/mol. The Morgan fingerprint density at radius 3 is 2.68 bits per heavy atom. The molecule has 0 saturated heterocycles. The molecular formula is C29H38F3N7O2. The molecule has 9 nitrogen and oxygen atoms in total. The minimum Gasteiger partial charge on any atom is -0.399 e. The number of carbonyl (C=O) groups excluding carboxylic acids is 1. The van der Waals surface area contributed by atoms with E-state index in [0.29, 0.717) is 42.7 Å². The van der Waals surface area contributed by atoms with Gasteiger partial charge in [-0.15, -0.1) is 0 Å². The molecule has 2 aromatic rings. The maximum absolute atomic E-state index is 14.1. The summed E-state index contributed by atoms with van der Waals surface area (Å²) in [4.78, 5) is 30.2. The zero-order valence-corrected chi connectivity index (χ0v) is 24.2. The predicted molar refractivity (Wildman–Crippen MR) is 153 cm³/mol. The van der Waals surface area contributed by atoms with Gasteiger partial charge < -0.3 is 26.0 Å². The Balaban J connectivity index is 1.75. The van der Waals surface area contributed by atoms with Crippen molar-refractivity contribution < 1.29 is 22.7 Å². The van der Waals surface area contributed by atoms with E-state index < -0.39 is 17.8 Å². The van der Waals surface area contributed by atoms with Crippen LogP contribution in [-0.4, -0.2) is 60.2 Å². The van der Waals surface area contributed by atoms with E-state index in [4.69, 9.17) is 26.2 Å². The molecule has 0 radical (unpaired) electrons. The molecule has 41 heavy (non-hydrogen) atoms. The van der Waals surface area contributed by atoms with E-state index in [-0.39, 0.29) is 47.4 Å². The molecule has 222 valence electrons. The standard InChI is InChI=1S/C29H38F3N7O2/c1-6-16(2)26-36-23-13-24(20-11-18(33)10-17(3)25(20)29(30,31)32)41-15-21(23)27(37-26)39-9-7-8-35-19(14-39)12-22(34)28(40)38(4)5/h10-12,16,24H,6-9,13-15,33-34H2,1-5H3/b22-12-.